The molecular formula is C31H23Cl3FN3O3. The number of fused-ring (bicyclic) bond motifs is 1. The molecule has 0 spiro atoms. The molecule has 0 saturated heterocycles. The first-order valence-corrected chi connectivity index (χ1v) is 13.9. The summed E-state index contributed by atoms with van der Waals surface area (Å²) in [5.74, 6) is -1.91. The highest BCUT2D eigenvalue weighted by Crippen LogP contribution is 2.39. The molecule has 0 saturated carbocycles. The molecule has 0 aliphatic heterocycles. The SMILES string of the molecule is CCC[C@H](NC(=O)c1ccc(-c2c(Cl)cccc2-c2nc3cc(F)c(Cl)cc3[nH]2)c(C(=O)O)c1)c1ccc(Cl)cc1. The number of halogens is 4. The first-order valence-electron chi connectivity index (χ1n) is 12.7. The van der Waals surface area contributed by atoms with Gasteiger partial charge in [0.2, 0.25) is 0 Å². The number of aromatic nitrogens is 2. The lowest BCUT2D eigenvalue weighted by Crippen LogP contribution is -2.28. The third-order valence-corrected chi connectivity index (χ3v) is 7.59. The molecule has 1 amide bonds. The molecule has 0 aliphatic rings. The van der Waals surface area contributed by atoms with Crippen LogP contribution in [0, 0.1) is 5.82 Å². The van der Waals surface area contributed by atoms with Crippen LogP contribution in [0.3, 0.4) is 0 Å². The zero-order valence-electron chi connectivity index (χ0n) is 21.6. The molecule has 10 heteroatoms. The Bertz CT molecular complexity index is 1750. The molecule has 1 atom stereocenters. The van der Waals surface area contributed by atoms with Crippen LogP contribution in [0.5, 0.6) is 0 Å². The van der Waals surface area contributed by atoms with Crippen LogP contribution in [0.25, 0.3) is 33.5 Å². The molecule has 1 heterocycles. The number of H-pyrrole nitrogens is 1. The largest absolute Gasteiger partial charge is 0.478 e. The topological polar surface area (TPSA) is 95.1 Å². The first kappa shape index (κ1) is 28.6. The molecule has 5 rings (SSSR count). The van der Waals surface area contributed by atoms with Gasteiger partial charge in [-0.3, -0.25) is 4.79 Å². The van der Waals surface area contributed by atoms with E-state index in [4.69, 9.17) is 34.8 Å². The van der Waals surface area contributed by atoms with Gasteiger partial charge in [0.05, 0.1) is 27.7 Å². The van der Waals surface area contributed by atoms with Crippen molar-refractivity contribution in [2.45, 2.75) is 25.8 Å². The fraction of sp³-hybridized carbons (Fsp3) is 0.129. The zero-order chi connectivity index (χ0) is 29.3. The van der Waals surface area contributed by atoms with Crippen molar-refractivity contribution in [1.82, 2.24) is 15.3 Å². The van der Waals surface area contributed by atoms with E-state index in [1.165, 1.54) is 18.2 Å². The van der Waals surface area contributed by atoms with E-state index in [-0.39, 0.29) is 27.2 Å². The second-order valence-corrected chi connectivity index (χ2v) is 10.7. The molecule has 1 aromatic heterocycles. The fourth-order valence-electron chi connectivity index (χ4n) is 4.76. The van der Waals surface area contributed by atoms with Gasteiger partial charge < -0.3 is 15.4 Å². The predicted molar refractivity (Wildman–Crippen MR) is 160 cm³/mol. The summed E-state index contributed by atoms with van der Waals surface area (Å²) in [6, 6.07) is 19.1. The van der Waals surface area contributed by atoms with E-state index in [9.17, 15) is 19.1 Å². The standard InChI is InChI=1S/C31H23Cl3FN3O3/c1-2-4-25(16-7-10-18(32)11-8-16)38-30(39)17-9-12-19(21(13-17)31(40)41)28-20(5-3-6-22(28)33)29-36-26-14-23(34)24(35)15-27(26)37-29/h3,5-15,25H,2,4H2,1H3,(H,36,37)(H,38,39)(H,40,41)/t25-/m0/s1. The molecule has 41 heavy (non-hydrogen) atoms. The second-order valence-electron chi connectivity index (χ2n) is 9.46. The van der Waals surface area contributed by atoms with Gasteiger partial charge in [0, 0.05) is 32.8 Å². The Morgan fingerprint density at radius 2 is 1.73 bits per heavy atom. The Balaban J connectivity index is 1.55. The summed E-state index contributed by atoms with van der Waals surface area (Å²) in [5.41, 5.74) is 3.00. The lowest BCUT2D eigenvalue weighted by molar-refractivity contribution is 0.0697. The number of nitrogens with one attached hydrogen (secondary N) is 2. The van der Waals surface area contributed by atoms with Crippen LogP contribution >= 0.6 is 34.8 Å². The van der Waals surface area contributed by atoms with Crippen molar-refractivity contribution in [3.05, 3.63) is 110 Å². The third-order valence-electron chi connectivity index (χ3n) is 6.73. The number of hydrogen-bond acceptors (Lipinski definition) is 3. The molecule has 5 aromatic rings. The number of benzene rings is 4. The van der Waals surface area contributed by atoms with Crippen molar-refractivity contribution in [3.63, 3.8) is 0 Å². The van der Waals surface area contributed by atoms with Gasteiger partial charge in [-0.15, -0.1) is 0 Å². The monoisotopic (exact) mass is 609 g/mol. The second kappa shape index (κ2) is 11.9. The molecule has 6 nitrogen and oxygen atoms in total. The summed E-state index contributed by atoms with van der Waals surface area (Å²) >= 11 is 18.6. The molecule has 3 N–H and O–H groups in total. The summed E-state index contributed by atoms with van der Waals surface area (Å²) in [7, 11) is 0. The Kier molecular flexibility index (Phi) is 8.31. The quantitative estimate of drug-likeness (QED) is 0.163. The first-order chi connectivity index (χ1) is 19.7. The van der Waals surface area contributed by atoms with Gasteiger partial charge in [0.1, 0.15) is 11.6 Å². The minimum atomic E-state index is -1.23. The number of hydrogen-bond donors (Lipinski definition) is 3. The normalized spacial score (nSPS) is 11.9. The van der Waals surface area contributed by atoms with Gasteiger partial charge in [-0.2, -0.15) is 0 Å². The molecule has 0 fully saturated rings. The van der Waals surface area contributed by atoms with Crippen LogP contribution in [0.15, 0.2) is 72.8 Å². The highest BCUT2D eigenvalue weighted by Gasteiger charge is 2.23. The van der Waals surface area contributed by atoms with Gasteiger partial charge in [-0.05, 0) is 53.9 Å². The summed E-state index contributed by atoms with van der Waals surface area (Å²) in [5, 5.41) is 14.0. The van der Waals surface area contributed by atoms with Gasteiger partial charge in [-0.1, -0.05) is 78.5 Å². The minimum Gasteiger partial charge on any atom is -0.478 e. The van der Waals surface area contributed by atoms with Crippen LogP contribution in [-0.2, 0) is 0 Å². The fourth-order valence-corrected chi connectivity index (χ4v) is 5.32. The maximum Gasteiger partial charge on any atom is 0.336 e. The number of carbonyl (C=O) groups excluding carboxylic acids is 1. The Labute approximate surface area is 250 Å². The predicted octanol–water partition coefficient (Wildman–Crippen LogP) is 8.97. The highest BCUT2D eigenvalue weighted by molar-refractivity contribution is 6.34. The van der Waals surface area contributed by atoms with Crippen LogP contribution in [-0.4, -0.2) is 27.0 Å². The number of aromatic amines is 1. The van der Waals surface area contributed by atoms with Crippen molar-refractivity contribution < 1.29 is 19.1 Å². The van der Waals surface area contributed by atoms with Crippen LogP contribution in [0.2, 0.25) is 15.1 Å². The summed E-state index contributed by atoms with van der Waals surface area (Å²) in [4.78, 5) is 33.3. The van der Waals surface area contributed by atoms with E-state index in [1.54, 1.807) is 42.5 Å². The number of amides is 1. The van der Waals surface area contributed by atoms with Crippen LogP contribution < -0.4 is 5.32 Å². The van der Waals surface area contributed by atoms with Crippen LogP contribution in [0.1, 0.15) is 52.1 Å². The highest BCUT2D eigenvalue weighted by atomic mass is 35.5. The van der Waals surface area contributed by atoms with Gasteiger partial charge in [-0.25, -0.2) is 14.2 Å². The van der Waals surface area contributed by atoms with Gasteiger partial charge >= 0.3 is 5.97 Å². The van der Waals surface area contributed by atoms with Crippen molar-refractivity contribution in [3.8, 4) is 22.5 Å². The Morgan fingerprint density at radius 1 is 0.976 bits per heavy atom. The van der Waals surface area contributed by atoms with Crippen molar-refractivity contribution in [2.75, 3.05) is 0 Å². The summed E-state index contributed by atoms with van der Waals surface area (Å²) in [6.45, 7) is 2.01. The lowest BCUT2D eigenvalue weighted by atomic mass is 9.93. The number of imidazole rings is 1. The van der Waals surface area contributed by atoms with E-state index >= 15 is 0 Å². The number of nitrogens with zero attached hydrogens (tertiary/aromatic N) is 1. The summed E-state index contributed by atoms with van der Waals surface area (Å²) in [6.07, 6.45) is 1.51. The molecular weight excluding hydrogens is 588 g/mol. The minimum absolute atomic E-state index is 0.0571. The molecule has 0 radical (unpaired) electrons. The average molecular weight is 611 g/mol. The van der Waals surface area contributed by atoms with Gasteiger partial charge in [0.25, 0.3) is 5.91 Å². The Hall–Kier alpha value is -3.91. The smallest absolute Gasteiger partial charge is 0.336 e. The number of carbonyl (C=O) groups is 2. The summed E-state index contributed by atoms with van der Waals surface area (Å²) < 4.78 is 14.0. The van der Waals surface area contributed by atoms with E-state index in [2.05, 4.69) is 15.3 Å². The maximum absolute atomic E-state index is 14.0. The number of carboxylic acids is 1. The molecule has 0 unspecified atom stereocenters. The zero-order valence-corrected chi connectivity index (χ0v) is 23.9. The molecule has 0 bridgehead atoms. The number of aromatic carboxylic acids is 1. The third kappa shape index (κ3) is 5.93. The van der Waals surface area contributed by atoms with Gasteiger partial charge in [0.15, 0.2) is 0 Å². The van der Waals surface area contributed by atoms with Crippen molar-refractivity contribution in [2.24, 2.45) is 0 Å². The van der Waals surface area contributed by atoms with Crippen LogP contribution in [0.4, 0.5) is 4.39 Å². The molecule has 0 aliphatic carbocycles. The number of carboxylic acid groups (broad SMARTS) is 1. The number of rotatable bonds is 8. The maximum atomic E-state index is 14.0. The van der Waals surface area contributed by atoms with E-state index in [1.807, 2.05) is 19.1 Å². The van der Waals surface area contributed by atoms with E-state index < -0.39 is 17.7 Å². The average Bonchev–Trinajstić information content (AvgIpc) is 3.35. The molecule has 208 valence electrons. The van der Waals surface area contributed by atoms with E-state index in [0.717, 1.165) is 12.0 Å². The lowest BCUT2D eigenvalue weighted by Gasteiger charge is -2.19. The molecule has 4 aromatic carbocycles. The Morgan fingerprint density at radius 3 is 2.44 bits per heavy atom. The van der Waals surface area contributed by atoms with Crippen molar-refractivity contribution in [1.29, 1.82) is 0 Å². The van der Waals surface area contributed by atoms with E-state index in [0.29, 0.717) is 45.0 Å². The van der Waals surface area contributed by atoms with Crippen molar-refractivity contribution >= 4 is 57.7 Å².